The van der Waals surface area contributed by atoms with Crippen molar-refractivity contribution < 1.29 is 19.0 Å². The van der Waals surface area contributed by atoms with Crippen molar-refractivity contribution in [3.63, 3.8) is 0 Å². The molecule has 0 saturated heterocycles. The third kappa shape index (κ3) is 5.61. The number of hydrogen-bond acceptors (Lipinski definition) is 5. The van der Waals surface area contributed by atoms with E-state index in [1.54, 1.807) is 6.92 Å². The number of hydrogen-bond donors (Lipinski definition) is 0. The molecule has 0 radical (unpaired) electrons. The molecule has 1 atom stereocenters. The molecule has 1 heterocycles. The van der Waals surface area contributed by atoms with Crippen molar-refractivity contribution in [2.24, 2.45) is 13.0 Å². The lowest BCUT2D eigenvalue weighted by Gasteiger charge is -2.29. The molecular weight excluding hydrogens is 428 g/mol. The van der Waals surface area contributed by atoms with E-state index in [2.05, 4.69) is 19.1 Å². The van der Waals surface area contributed by atoms with Crippen LogP contribution in [0.4, 0.5) is 0 Å². The van der Waals surface area contributed by atoms with Crippen LogP contribution in [0.25, 0.3) is 22.2 Å². The van der Waals surface area contributed by atoms with Gasteiger partial charge in [0.1, 0.15) is 17.6 Å². The van der Waals surface area contributed by atoms with Crippen molar-refractivity contribution in [1.82, 2.24) is 9.55 Å². The molecule has 0 spiro atoms. The zero-order valence-electron chi connectivity index (χ0n) is 20.8. The fourth-order valence-corrected chi connectivity index (χ4v) is 4.85. The van der Waals surface area contributed by atoms with Gasteiger partial charge in [-0.1, -0.05) is 37.3 Å². The smallest absolute Gasteiger partial charge is 0.297 e. The van der Waals surface area contributed by atoms with Gasteiger partial charge in [-0.05, 0) is 63.1 Å². The predicted molar refractivity (Wildman–Crippen MR) is 134 cm³/mol. The van der Waals surface area contributed by atoms with Gasteiger partial charge >= 0.3 is 0 Å². The average Bonchev–Trinajstić information content (AvgIpc) is 3.14. The number of nitrogens with zero attached hydrogens (tertiary/aromatic N) is 2. The number of imidazole rings is 1. The van der Waals surface area contributed by atoms with Gasteiger partial charge in [0.2, 0.25) is 0 Å². The van der Waals surface area contributed by atoms with Gasteiger partial charge < -0.3 is 19.0 Å². The molecule has 34 heavy (non-hydrogen) atoms. The first kappa shape index (κ1) is 24.3. The van der Waals surface area contributed by atoms with E-state index in [1.807, 2.05) is 48.9 Å². The van der Waals surface area contributed by atoms with E-state index in [1.165, 1.54) is 0 Å². The second-order valence-electron chi connectivity index (χ2n) is 9.42. The molecule has 182 valence electrons. The summed E-state index contributed by atoms with van der Waals surface area (Å²) >= 11 is 0. The zero-order valence-corrected chi connectivity index (χ0v) is 20.8. The Morgan fingerprint density at radius 1 is 1.09 bits per heavy atom. The van der Waals surface area contributed by atoms with E-state index in [-0.39, 0.29) is 23.9 Å². The Labute approximate surface area is 202 Å². The summed E-state index contributed by atoms with van der Waals surface area (Å²) in [5.74, 6) is 1.35. The molecule has 0 amide bonds. The molecule has 2 aromatic carbocycles. The highest BCUT2D eigenvalue weighted by Crippen LogP contribution is 2.39. The fourth-order valence-electron chi connectivity index (χ4n) is 4.85. The second kappa shape index (κ2) is 11.0. The molecule has 0 N–H and O–H groups in total. The third-order valence-electron chi connectivity index (χ3n) is 6.46. The molecule has 1 aromatic heterocycles. The lowest BCUT2D eigenvalue weighted by atomic mass is 9.95. The lowest BCUT2D eigenvalue weighted by molar-refractivity contribution is -0.118. The van der Waals surface area contributed by atoms with Crippen LogP contribution in [-0.4, -0.2) is 40.8 Å². The van der Waals surface area contributed by atoms with Crippen LogP contribution in [-0.2, 0) is 16.6 Å². The number of benzene rings is 2. The summed E-state index contributed by atoms with van der Waals surface area (Å²) in [4.78, 5) is 16.1. The van der Waals surface area contributed by atoms with Gasteiger partial charge in [-0.3, -0.25) is 4.57 Å². The summed E-state index contributed by atoms with van der Waals surface area (Å²) in [6, 6.07) is 14.9. The molecule has 0 bridgehead atoms. The van der Waals surface area contributed by atoms with Crippen LogP contribution < -0.4 is 9.47 Å². The number of ether oxygens (including phenoxy) is 3. The van der Waals surface area contributed by atoms with Gasteiger partial charge in [0.15, 0.2) is 0 Å². The number of fused-ring (bicyclic) bond motifs is 1. The quantitative estimate of drug-likeness (QED) is 0.370. The number of ketones is 1. The maximum atomic E-state index is 11.3. The maximum absolute atomic E-state index is 11.3. The Balaban J connectivity index is 1.47. The SMILES string of the molecule is CCOc1ccc2nc(OC3CCC(OC[C@H](C)CC(C)=O)CC3)n(C)c2c1-c1ccccc1. The number of carbonyl (C=O) groups excluding carboxylic acids is 1. The maximum Gasteiger partial charge on any atom is 0.297 e. The molecule has 3 aromatic rings. The fraction of sp³-hybridized carbons (Fsp3) is 0.500. The largest absolute Gasteiger partial charge is 0.493 e. The molecule has 1 fully saturated rings. The van der Waals surface area contributed by atoms with E-state index in [4.69, 9.17) is 19.2 Å². The Morgan fingerprint density at radius 2 is 1.79 bits per heavy atom. The summed E-state index contributed by atoms with van der Waals surface area (Å²) in [5.41, 5.74) is 4.06. The molecule has 0 unspecified atom stereocenters. The van der Waals surface area contributed by atoms with Gasteiger partial charge in [-0.25, -0.2) is 0 Å². The van der Waals surface area contributed by atoms with Crippen LogP contribution >= 0.6 is 0 Å². The zero-order chi connectivity index (χ0) is 24.1. The Hall–Kier alpha value is -2.86. The Bertz CT molecular complexity index is 1100. The van der Waals surface area contributed by atoms with Gasteiger partial charge in [0, 0.05) is 25.6 Å². The summed E-state index contributed by atoms with van der Waals surface area (Å²) in [7, 11) is 2.01. The van der Waals surface area contributed by atoms with E-state index in [0.29, 0.717) is 25.6 Å². The van der Waals surface area contributed by atoms with Crippen LogP contribution in [0.2, 0.25) is 0 Å². The van der Waals surface area contributed by atoms with Crippen molar-refractivity contribution in [1.29, 1.82) is 0 Å². The standard InChI is InChI=1S/C28H36N2O4/c1-5-32-25-16-15-24-27(26(25)21-9-7-6-8-10-21)30(4)28(29-24)34-23-13-11-22(12-14-23)33-18-19(2)17-20(3)31/h6-10,15-16,19,22-23H,5,11-14,17-18H2,1-4H3/t19-,22?,23?/m1/s1. The van der Waals surface area contributed by atoms with Crippen molar-refractivity contribution in [3.8, 4) is 22.9 Å². The van der Waals surface area contributed by atoms with Crippen molar-refractivity contribution in [2.45, 2.75) is 65.1 Å². The van der Waals surface area contributed by atoms with E-state index < -0.39 is 0 Å². The van der Waals surface area contributed by atoms with Gasteiger partial charge in [-0.2, -0.15) is 4.98 Å². The molecular formula is C28H36N2O4. The summed E-state index contributed by atoms with van der Waals surface area (Å²) in [5, 5.41) is 0. The highest BCUT2D eigenvalue weighted by Gasteiger charge is 2.26. The summed E-state index contributed by atoms with van der Waals surface area (Å²) in [6.45, 7) is 6.96. The average molecular weight is 465 g/mol. The van der Waals surface area contributed by atoms with Crippen LogP contribution in [0.1, 0.15) is 52.9 Å². The van der Waals surface area contributed by atoms with Crippen molar-refractivity contribution in [2.75, 3.05) is 13.2 Å². The molecule has 1 saturated carbocycles. The number of rotatable bonds is 10. The molecule has 1 aliphatic carbocycles. The van der Waals surface area contributed by atoms with Crippen LogP contribution in [0.3, 0.4) is 0 Å². The minimum atomic E-state index is 0.122. The first-order valence-corrected chi connectivity index (χ1v) is 12.4. The first-order chi connectivity index (χ1) is 16.5. The number of aryl methyl sites for hydroxylation is 1. The van der Waals surface area contributed by atoms with Crippen molar-refractivity contribution in [3.05, 3.63) is 42.5 Å². The van der Waals surface area contributed by atoms with Crippen LogP contribution in [0, 0.1) is 5.92 Å². The monoisotopic (exact) mass is 464 g/mol. The Morgan fingerprint density at radius 3 is 2.47 bits per heavy atom. The van der Waals surface area contributed by atoms with E-state index in [9.17, 15) is 4.79 Å². The number of Topliss-reactive ketones (excluding diaryl/α,β-unsaturated/α-hetero) is 1. The summed E-state index contributed by atoms with van der Waals surface area (Å²) < 4.78 is 20.5. The molecule has 4 rings (SSSR count). The van der Waals surface area contributed by atoms with E-state index in [0.717, 1.165) is 53.6 Å². The van der Waals surface area contributed by atoms with Gasteiger partial charge in [-0.15, -0.1) is 0 Å². The molecule has 0 aliphatic heterocycles. The molecule has 6 heteroatoms. The number of aromatic nitrogens is 2. The highest BCUT2D eigenvalue weighted by atomic mass is 16.5. The second-order valence-corrected chi connectivity index (χ2v) is 9.42. The van der Waals surface area contributed by atoms with Crippen molar-refractivity contribution >= 4 is 16.8 Å². The van der Waals surface area contributed by atoms with Gasteiger partial charge in [0.05, 0.1) is 23.7 Å². The topological polar surface area (TPSA) is 62.6 Å². The molecule has 6 nitrogen and oxygen atoms in total. The van der Waals surface area contributed by atoms with Crippen LogP contribution in [0.5, 0.6) is 11.8 Å². The summed E-state index contributed by atoms with van der Waals surface area (Å²) in [6.07, 6.45) is 4.75. The minimum absolute atomic E-state index is 0.122. The minimum Gasteiger partial charge on any atom is -0.493 e. The lowest BCUT2D eigenvalue weighted by Crippen LogP contribution is -2.30. The van der Waals surface area contributed by atoms with Gasteiger partial charge in [0.25, 0.3) is 6.01 Å². The highest BCUT2D eigenvalue weighted by molar-refractivity contribution is 5.96. The van der Waals surface area contributed by atoms with Crippen LogP contribution in [0.15, 0.2) is 42.5 Å². The molecule has 1 aliphatic rings. The van der Waals surface area contributed by atoms with E-state index >= 15 is 0 Å². The Kier molecular flexibility index (Phi) is 7.88. The number of carbonyl (C=O) groups is 1. The predicted octanol–water partition coefficient (Wildman–Crippen LogP) is 5.96. The third-order valence-corrected chi connectivity index (χ3v) is 6.46. The first-order valence-electron chi connectivity index (χ1n) is 12.4. The normalized spacial score (nSPS) is 19.2.